The second kappa shape index (κ2) is 3.53. The van der Waals surface area contributed by atoms with Gasteiger partial charge in [0.05, 0.1) is 17.8 Å². The Morgan fingerprint density at radius 2 is 2.58 bits per heavy atom. The Kier molecular flexibility index (Phi) is 2.65. The molecule has 0 aliphatic carbocycles. The van der Waals surface area contributed by atoms with Crippen LogP contribution in [0.2, 0.25) is 5.02 Å². The minimum absolute atomic E-state index is 0.317. The number of aliphatic carboxylic acids is 1. The van der Waals surface area contributed by atoms with Crippen LogP contribution in [0.4, 0.5) is 4.39 Å². The third-order valence-corrected chi connectivity index (χ3v) is 1.41. The molecule has 0 spiro atoms. The molecule has 0 aromatic carbocycles. The van der Waals surface area contributed by atoms with Crippen molar-refractivity contribution in [2.24, 2.45) is 0 Å². The third-order valence-electron chi connectivity index (χ3n) is 1.22. The highest BCUT2D eigenvalue weighted by Gasteiger charge is 2.16. The molecule has 1 rings (SSSR count). The monoisotopic (exact) mass is 192 g/mol. The number of carboxylic acids is 1. The fraction of sp³-hybridized carbons (Fsp3) is 0.333. The summed E-state index contributed by atoms with van der Waals surface area (Å²) in [5.41, 5.74) is 0. The molecule has 1 aromatic rings. The number of nitrogens with zero attached hydrogens (tertiary/aromatic N) is 2. The van der Waals surface area contributed by atoms with Crippen molar-refractivity contribution in [2.45, 2.75) is 12.7 Å². The smallest absolute Gasteiger partial charge is 0.340 e. The van der Waals surface area contributed by atoms with E-state index < -0.39 is 12.1 Å². The maximum atomic E-state index is 12.5. The number of hydrogen-bond donors (Lipinski definition) is 1. The summed E-state index contributed by atoms with van der Waals surface area (Å²) in [6, 6.07) is 0. The van der Waals surface area contributed by atoms with Crippen LogP contribution < -0.4 is 0 Å². The first-order valence-corrected chi connectivity index (χ1v) is 3.52. The number of aromatic nitrogens is 2. The maximum Gasteiger partial charge on any atom is 0.340 e. The molecule has 12 heavy (non-hydrogen) atoms. The number of alkyl halides is 1. The van der Waals surface area contributed by atoms with Gasteiger partial charge in [-0.05, 0) is 0 Å². The van der Waals surface area contributed by atoms with Crippen molar-refractivity contribution in [3.05, 3.63) is 17.4 Å². The van der Waals surface area contributed by atoms with Crippen LogP contribution in [-0.4, -0.2) is 27.0 Å². The van der Waals surface area contributed by atoms with Crippen LogP contribution in [0.3, 0.4) is 0 Å². The summed E-state index contributed by atoms with van der Waals surface area (Å²) < 4.78 is 13.7. The summed E-state index contributed by atoms with van der Waals surface area (Å²) in [6.45, 7) is -0.317. The first-order valence-electron chi connectivity index (χ1n) is 3.14. The quantitative estimate of drug-likeness (QED) is 0.776. The van der Waals surface area contributed by atoms with Crippen LogP contribution in [0.25, 0.3) is 0 Å². The molecule has 1 aromatic heterocycles. The van der Waals surface area contributed by atoms with Crippen LogP contribution >= 0.6 is 11.6 Å². The van der Waals surface area contributed by atoms with Crippen molar-refractivity contribution in [3.63, 3.8) is 0 Å². The molecular weight excluding hydrogens is 187 g/mol. The molecule has 1 heterocycles. The van der Waals surface area contributed by atoms with Crippen LogP contribution in [0, 0.1) is 0 Å². The zero-order valence-electron chi connectivity index (χ0n) is 5.94. The van der Waals surface area contributed by atoms with Gasteiger partial charge in [0, 0.05) is 6.20 Å². The van der Waals surface area contributed by atoms with Crippen molar-refractivity contribution < 1.29 is 14.3 Å². The largest absolute Gasteiger partial charge is 0.479 e. The van der Waals surface area contributed by atoms with Crippen molar-refractivity contribution in [2.75, 3.05) is 0 Å². The first kappa shape index (κ1) is 8.99. The molecule has 66 valence electrons. The van der Waals surface area contributed by atoms with Gasteiger partial charge in [-0.15, -0.1) is 0 Å². The molecule has 0 aliphatic heterocycles. The molecule has 1 N–H and O–H groups in total. The lowest BCUT2D eigenvalue weighted by atomic mass is 10.4. The Morgan fingerprint density at radius 3 is 3.00 bits per heavy atom. The molecule has 0 bridgehead atoms. The van der Waals surface area contributed by atoms with Gasteiger partial charge in [0.15, 0.2) is 0 Å². The highest BCUT2D eigenvalue weighted by molar-refractivity contribution is 6.30. The molecule has 0 aliphatic rings. The number of hydrogen-bond acceptors (Lipinski definition) is 2. The van der Waals surface area contributed by atoms with E-state index >= 15 is 0 Å². The van der Waals surface area contributed by atoms with Crippen molar-refractivity contribution in [1.82, 2.24) is 9.78 Å². The van der Waals surface area contributed by atoms with Gasteiger partial charge in [0.25, 0.3) is 0 Å². The average molecular weight is 193 g/mol. The molecule has 0 fully saturated rings. The lowest BCUT2D eigenvalue weighted by Crippen LogP contribution is -2.21. The summed E-state index contributed by atoms with van der Waals surface area (Å²) in [6.07, 6.45) is 0.730. The molecule has 1 unspecified atom stereocenters. The number of rotatable bonds is 3. The van der Waals surface area contributed by atoms with Gasteiger partial charge >= 0.3 is 5.97 Å². The lowest BCUT2D eigenvalue weighted by molar-refractivity contribution is -0.143. The van der Waals surface area contributed by atoms with E-state index in [1.54, 1.807) is 0 Å². The van der Waals surface area contributed by atoms with E-state index in [-0.39, 0.29) is 6.54 Å². The van der Waals surface area contributed by atoms with Gasteiger partial charge in [-0.1, -0.05) is 11.6 Å². The number of carbonyl (C=O) groups is 1. The van der Waals surface area contributed by atoms with E-state index in [4.69, 9.17) is 16.7 Å². The van der Waals surface area contributed by atoms with Gasteiger partial charge in [-0.3, -0.25) is 4.68 Å². The van der Waals surface area contributed by atoms with Gasteiger partial charge in [0.1, 0.15) is 0 Å². The van der Waals surface area contributed by atoms with Crippen molar-refractivity contribution in [1.29, 1.82) is 0 Å². The van der Waals surface area contributed by atoms with Crippen molar-refractivity contribution >= 4 is 17.6 Å². The average Bonchev–Trinajstić information content (AvgIpc) is 2.35. The Hall–Kier alpha value is -1.10. The lowest BCUT2D eigenvalue weighted by Gasteiger charge is -2.01. The molecule has 6 heteroatoms. The summed E-state index contributed by atoms with van der Waals surface area (Å²) in [5, 5.41) is 12.2. The number of carboxylic acid groups (broad SMARTS) is 1. The van der Waals surface area contributed by atoms with Gasteiger partial charge < -0.3 is 5.11 Å². The highest BCUT2D eigenvalue weighted by atomic mass is 35.5. The Labute approximate surface area is 72.6 Å². The van der Waals surface area contributed by atoms with E-state index in [1.807, 2.05) is 0 Å². The van der Waals surface area contributed by atoms with Crippen LogP contribution in [-0.2, 0) is 11.3 Å². The molecule has 0 saturated heterocycles. The minimum atomic E-state index is -1.94. The van der Waals surface area contributed by atoms with Gasteiger partial charge in [-0.2, -0.15) is 5.10 Å². The van der Waals surface area contributed by atoms with Crippen LogP contribution in [0.15, 0.2) is 12.4 Å². The fourth-order valence-corrected chi connectivity index (χ4v) is 0.837. The Bertz CT molecular complexity index is 289. The topological polar surface area (TPSA) is 55.1 Å². The minimum Gasteiger partial charge on any atom is -0.479 e. The van der Waals surface area contributed by atoms with Crippen LogP contribution in [0.5, 0.6) is 0 Å². The predicted octanol–water partition coefficient (Wildman–Crippen LogP) is 0.959. The molecule has 4 nitrogen and oxygen atoms in total. The second-order valence-electron chi connectivity index (χ2n) is 2.19. The highest BCUT2D eigenvalue weighted by Crippen LogP contribution is 2.06. The number of halogens is 2. The Balaban J connectivity index is 2.58. The first-order chi connectivity index (χ1) is 5.59. The molecule has 0 amide bonds. The second-order valence-corrected chi connectivity index (χ2v) is 2.62. The van der Waals surface area contributed by atoms with E-state index in [0.717, 1.165) is 4.68 Å². The third kappa shape index (κ3) is 2.20. The molecule has 0 saturated carbocycles. The SMILES string of the molecule is O=C(O)C(F)Cn1cc(Cl)cn1. The zero-order valence-corrected chi connectivity index (χ0v) is 6.70. The summed E-state index contributed by atoms with van der Waals surface area (Å²) in [7, 11) is 0. The molecular formula is C6H6ClFN2O2. The van der Waals surface area contributed by atoms with Crippen molar-refractivity contribution in [3.8, 4) is 0 Å². The maximum absolute atomic E-state index is 12.5. The fourth-order valence-electron chi connectivity index (χ4n) is 0.681. The van der Waals surface area contributed by atoms with E-state index in [1.165, 1.54) is 12.4 Å². The summed E-state index contributed by atoms with van der Waals surface area (Å²) >= 11 is 5.47. The molecule has 0 radical (unpaired) electrons. The Morgan fingerprint density at radius 1 is 1.92 bits per heavy atom. The molecule has 1 atom stereocenters. The normalized spacial score (nSPS) is 12.8. The van der Waals surface area contributed by atoms with Gasteiger partial charge in [0.2, 0.25) is 6.17 Å². The van der Waals surface area contributed by atoms with E-state index in [2.05, 4.69) is 5.10 Å². The van der Waals surface area contributed by atoms with Gasteiger partial charge in [-0.25, -0.2) is 9.18 Å². The van der Waals surface area contributed by atoms with E-state index in [9.17, 15) is 9.18 Å². The zero-order chi connectivity index (χ0) is 9.14. The standard InChI is InChI=1S/C6H6ClFN2O2/c7-4-1-9-10(2-4)3-5(8)6(11)12/h1-2,5H,3H2,(H,11,12). The summed E-state index contributed by atoms with van der Waals surface area (Å²) in [4.78, 5) is 10.1. The van der Waals surface area contributed by atoms with Crippen LogP contribution in [0.1, 0.15) is 0 Å². The predicted molar refractivity (Wildman–Crippen MR) is 39.8 cm³/mol. The van der Waals surface area contributed by atoms with E-state index in [0.29, 0.717) is 5.02 Å². The summed E-state index contributed by atoms with van der Waals surface area (Å²) in [5.74, 6) is -1.50.